The average molecular weight is 278 g/mol. The Hall–Kier alpha value is -2.24. The molecule has 4 nitrogen and oxygen atoms in total. The van der Waals surface area contributed by atoms with E-state index in [-0.39, 0.29) is 11.6 Å². The minimum atomic E-state index is -0.717. The van der Waals surface area contributed by atoms with Crippen molar-refractivity contribution in [1.29, 1.82) is 0 Å². The van der Waals surface area contributed by atoms with Gasteiger partial charge in [0, 0.05) is 31.5 Å². The number of halogens is 2. The molecule has 0 saturated carbocycles. The lowest BCUT2D eigenvalue weighted by Crippen LogP contribution is -2.09. The number of aromatic nitrogens is 2. The third kappa shape index (κ3) is 3.20. The van der Waals surface area contributed by atoms with Gasteiger partial charge in [0.25, 0.3) is 0 Å². The fourth-order valence-corrected chi connectivity index (χ4v) is 1.74. The largest absolute Gasteiger partial charge is 0.368 e. The standard InChI is InChI=1S/C14H16F2N4/c1-3-18-13-11(15)6-12(16)14(20-13)19-8-10-7-17-5-4-9(10)2/h4-7H,3,8H2,1-2H3,(H2,18,19,20). The van der Waals surface area contributed by atoms with E-state index in [0.717, 1.165) is 17.2 Å². The Balaban J connectivity index is 2.17. The third-order valence-corrected chi connectivity index (χ3v) is 2.87. The van der Waals surface area contributed by atoms with E-state index in [1.807, 2.05) is 19.9 Å². The zero-order chi connectivity index (χ0) is 14.5. The molecule has 2 aromatic rings. The van der Waals surface area contributed by atoms with Crippen molar-refractivity contribution in [3.05, 3.63) is 47.3 Å². The van der Waals surface area contributed by atoms with Gasteiger partial charge in [0.2, 0.25) is 0 Å². The molecule has 0 aromatic carbocycles. The molecule has 0 aliphatic rings. The summed E-state index contributed by atoms with van der Waals surface area (Å²) < 4.78 is 27.1. The van der Waals surface area contributed by atoms with Crippen molar-refractivity contribution in [2.45, 2.75) is 20.4 Å². The molecule has 0 fully saturated rings. The Morgan fingerprint density at radius 1 is 1.15 bits per heavy atom. The van der Waals surface area contributed by atoms with Crippen LogP contribution >= 0.6 is 0 Å². The molecule has 0 unspecified atom stereocenters. The van der Waals surface area contributed by atoms with E-state index in [1.54, 1.807) is 12.4 Å². The Morgan fingerprint density at radius 2 is 1.85 bits per heavy atom. The minimum Gasteiger partial charge on any atom is -0.368 e. The minimum absolute atomic E-state index is 0.0191. The summed E-state index contributed by atoms with van der Waals surface area (Å²) in [5.41, 5.74) is 1.98. The summed E-state index contributed by atoms with van der Waals surface area (Å²) in [4.78, 5) is 7.93. The summed E-state index contributed by atoms with van der Waals surface area (Å²) in [6.07, 6.45) is 3.40. The van der Waals surface area contributed by atoms with Gasteiger partial charge in [-0.2, -0.15) is 0 Å². The van der Waals surface area contributed by atoms with E-state index in [1.165, 1.54) is 0 Å². The first kappa shape index (κ1) is 14.2. The second kappa shape index (κ2) is 6.27. The summed E-state index contributed by atoms with van der Waals surface area (Å²) >= 11 is 0. The maximum absolute atomic E-state index is 13.7. The van der Waals surface area contributed by atoms with Crippen LogP contribution in [0.25, 0.3) is 0 Å². The van der Waals surface area contributed by atoms with Gasteiger partial charge in [-0.15, -0.1) is 0 Å². The van der Waals surface area contributed by atoms with Gasteiger partial charge >= 0.3 is 0 Å². The zero-order valence-electron chi connectivity index (χ0n) is 11.4. The molecule has 0 amide bonds. The highest BCUT2D eigenvalue weighted by Gasteiger charge is 2.11. The van der Waals surface area contributed by atoms with E-state index in [0.29, 0.717) is 13.1 Å². The van der Waals surface area contributed by atoms with Crippen molar-refractivity contribution >= 4 is 11.6 Å². The second-order valence-electron chi connectivity index (χ2n) is 4.34. The van der Waals surface area contributed by atoms with Crippen LogP contribution in [0.1, 0.15) is 18.1 Å². The van der Waals surface area contributed by atoms with Crippen LogP contribution in [0.5, 0.6) is 0 Å². The van der Waals surface area contributed by atoms with Crippen LogP contribution in [0.3, 0.4) is 0 Å². The van der Waals surface area contributed by atoms with Crippen LogP contribution in [0.15, 0.2) is 24.5 Å². The number of hydrogen-bond donors (Lipinski definition) is 2. The number of anilines is 2. The predicted octanol–water partition coefficient (Wildman–Crippen LogP) is 3.11. The molecule has 0 bridgehead atoms. The van der Waals surface area contributed by atoms with E-state index < -0.39 is 11.6 Å². The molecule has 0 radical (unpaired) electrons. The number of pyridine rings is 2. The fraction of sp³-hybridized carbons (Fsp3) is 0.286. The first-order valence-electron chi connectivity index (χ1n) is 6.35. The molecule has 0 atom stereocenters. The van der Waals surface area contributed by atoms with E-state index in [9.17, 15) is 8.78 Å². The monoisotopic (exact) mass is 278 g/mol. The van der Waals surface area contributed by atoms with Crippen LogP contribution in [0.2, 0.25) is 0 Å². The lowest BCUT2D eigenvalue weighted by molar-refractivity contribution is 0.578. The molecule has 0 spiro atoms. The topological polar surface area (TPSA) is 49.8 Å². The van der Waals surface area contributed by atoms with Crippen LogP contribution in [0, 0.1) is 18.6 Å². The normalized spacial score (nSPS) is 10.4. The summed E-state index contributed by atoms with van der Waals surface area (Å²) in [6.45, 7) is 4.64. The van der Waals surface area contributed by atoms with Gasteiger partial charge in [-0.25, -0.2) is 13.8 Å². The van der Waals surface area contributed by atoms with Gasteiger partial charge in [0.15, 0.2) is 23.3 Å². The summed E-state index contributed by atoms with van der Waals surface area (Å²) in [6, 6.07) is 2.69. The van der Waals surface area contributed by atoms with E-state index >= 15 is 0 Å². The summed E-state index contributed by atoms with van der Waals surface area (Å²) in [5, 5.41) is 5.61. The van der Waals surface area contributed by atoms with Gasteiger partial charge in [-0.1, -0.05) is 0 Å². The molecule has 106 valence electrons. The van der Waals surface area contributed by atoms with Crippen molar-refractivity contribution in [2.24, 2.45) is 0 Å². The molecule has 0 aliphatic heterocycles. The molecule has 2 N–H and O–H groups in total. The Labute approximate surface area is 116 Å². The molecule has 6 heteroatoms. The molecule has 2 aromatic heterocycles. The van der Waals surface area contributed by atoms with Gasteiger partial charge in [0.1, 0.15) is 0 Å². The fourth-order valence-electron chi connectivity index (χ4n) is 1.74. The molecular weight excluding hydrogens is 262 g/mol. The zero-order valence-corrected chi connectivity index (χ0v) is 11.4. The quantitative estimate of drug-likeness (QED) is 0.882. The Kier molecular flexibility index (Phi) is 4.45. The predicted molar refractivity (Wildman–Crippen MR) is 74.6 cm³/mol. The van der Waals surface area contributed by atoms with Crippen LogP contribution < -0.4 is 10.6 Å². The van der Waals surface area contributed by atoms with Crippen molar-refractivity contribution in [1.82, 2.24) is 9.97 Å². The van der Waals surface area contributed by atoms with Crippen molar-refractivity contribution in [2.75, 3.05) is 17.2 Å². The Bertz CT molecular complexity index is 602. The Morgan fingerprint density at radius 3 is 2.50 bits per heavy atom. The highest BCUT2D eigenvalue weighted by molar-refractivity contribution is 5.48. The smallest absolute Gasteiger partial charge is 0.168 e. The molecule has 2 rings (SSSR count). The molecule has 20 heavy (non-hydrogen) atoms. The number of nitrogens with one attached hydrogen (secondary N) is 2. The summed E-state index contributed by atoms with van der Waals surface area (Å²) in [5.74, 6) is -1.36. The second-order valence-corrected chi connectivity index (χ2v) is 4.34. The van der Waals surface area contributed by atoms with E-state index in [4.69, 9.17) is 0 Å². The highest BCUT2D eigenvalue weighted by atomic mass is 19.1. The van der Waals surface area contributed by atoms with Crippen molar-refractivity contribution < 1.29 is 8.78 Å². The number of hydrogen-bond acceptors (Lipinski definition) is 4. The van der Waals surface area contributed by atoms with Crippen molar-refractivity contribution in [3.8, 4) is 0 Å². The van der Waals surface area contributed by atoms with E-state index in [2.05, 4.69) is 20.6 Å². The number of nitrogens with zero attached hydrogens (tertiary/aromatic N) is 2. The maximum atomic E-state index is 13.7. The van der Waals surface area contributed by atoms with Gasteiger partial charge < -0.3 is 10.6 Å². The van der Waals surface area contributed by atoms with Gasteiger partial charge in [-0.3, -0.25) is 4.98 Å². The average Bonchev–Trinajstić information content (AvgIpc) is 2.42. The third-order valence-electron chi connectivity index (χ3n) is 2.87. The van der Waals surface area contributed by atoms with Gasteiger partial charge in [0.05, 0.1) is 0 Å². The van der Waals surface area contributed by atoms with Crippen LogP contribution in [-0.4, -0.2) is 16.5 Å². The first-order valence-corrected chi connectivity index (χ1v) is 6.35. The van der Waals surface area contributed by atoms with Crippen LogP contribution in [-0.2, 0) is 6.54 Å². The number of aryl methyl sites for hydroxylation is 1. The van der Waals surface area contributed by atoms with Gasteiger partial charge in [-0.05, 0) is 31.0 Å². The molecule has 0 saturated heterocycles. The lowest BCUT2D eigenvalue weighted by Gasteiger charge is -2.11. The number of rotatable bonds is 5. The molecule has 0 aliphatic carbocycles. The summed E-state index contributed by atoms with van der Waals surface area (Å²) in [7, 11) is 0. The SMILES string of the molecule is CCNc1nc(NCc2cnccc2C)c(F)cc1F. The molecular formula is C14H16F2N4. The first-order chi connectivity index (χ1) is 9.61. The highest BCUT2D eigenvalue weighted by Crippen LogP contribution is 2.19. The maximum Gasteiger partial charge on any atom is 0.168 e. The van der Waals surface area contributed by atoms with Crippen molar-refractivity contribution in [3.63, 3.8) is 0 Å². The van der Waals surface area contributed by atoms with Crippen LogP contribution in [0.4, 0.5) is 20.4 Å². The lowest BCUT2D eigenvalue weighted by atomic mass is 10.1. The molecule has 2 heterocycles.